The minimum absolute atomic E-state index is 0.0222. The Labute approximate surface area is 141 Å². The minimum Gasteiger partial charge on any atom is -0.395 e. The van der Waals surface area contributed by atoms with Gasteiger partial charge in [-0.15, -0.1) is 0 Å². The molecule has 24 heavy (non-hydrogen) atoms. The average Bonchev–Trinajstić information content (AvgIpc) is 3.03. The summed E-state index contributed by atoms with van der Waals surface area (Å²) in [5, 5.41) is 10.4. The summed E-state index contributed by atoms with van der Waals surface area (Å²) in [7, 11) is 0. The van der Waals surface area contributed by atoms with Crippen molar-refractivity contribution in [3.63, 3.8) is 0 Å². The van der Waals surface area contributed by atoms with Crippen molar-refractivity contribution in [2.24, 2.45) is 0 Å². The fourth-order valence-electron chi connectivity index (χ4n) is 2.95. The predicted octanol–water partition coefficient (Wildman–Crippen LogP) is 3.12. The largest absolute Gasteiger partial charge is 0.395 e. The smallest absolute Gasteiger partial charge is 0.223 e. The number of para-hydroxylation sites is 1. The third-order valence-corrected chi connectivity index (χ3v) is 4.22. The van der Waals surface area contributed by atoms with E-state index in [1.54, 1.807) is 4.90 Å². The van der Waals surface area contributed by atoms with Gasteiger partial charge in [0.1, 0.15) is 0 Å². The van der Waals surface area contributed by atoms with Crippen molar-refractivity contribution in [2.45, 2.75) is 19.4 Å². The molecule has 2 N–H and O–H groups in total. The Morgan fingerprint density at radius 2 is 1.79 bits per heavy atom. The molecule has 0 radical (unpaired) electrons. The van der Waals surface area contributed by atoms with Gasteiger partial charge in [0.15, 0.2) is 0 Å². The second-order valence-electron chi connectivity index (χ2n) is 5.88. The van der Waals surface area contributed by atoms with Gasteiger partial charge < -0.3 is 15.0 Å². The van der Waals surface area contributed by atoms with Crippen LogP contribution < -0.4 is 0 Å². The first kappa shape index (κ1) is 16.3. The van der Waals surface area contributed by atoms with Crippen LogP contribution in [0.4, 0.5) is 0 Å². The van der Waals surface area contributed by atoms with Crippen molar-refractivity contribution >= 4 is 16.8 Å². The molecule has 1 amide bonds. The van der Waals surface area contributed by atoms with E-state index in [1.807, 2.05) is 54.7 Å². The molecule has 4 heteroatoms. The van der Waals surface area contributed by atoms with Crippen molar-refractivity contribution < 1.29 is 9.90 Å². The number of hydrogen-bond donors (Lipinski definition) is 2. The lowest BCUT2D eigenvalue weighted by Gasteiger charge is -2.22. The van der Waals surface area contributed by atoms with Crippen molar-refractivity contribution in [1.82, 2.24) is 9.88 Å². The van der Waals surface area contributed by atoms with Crippen molar-refractivity contribution in [2.75, 3.05) is 13.2 Å². The maximum absolute atomic E-state index is 12.6. The number of aromatic amines is 1. The highest BCUT2D eigenvalue weighted by molar-refractivity contribution is 5.84. The fourth-order valence-corrected chi connectivity index (χ4v) is 2.95. The fraction of sp³-hybridized carbons (Fsp3) is 0.250. The summed E-state index contributed by atoms with van der Waals surface area (Å²) in [6, 6.07) is 18.0. The summed E-state index contributed by atoms with van der Waals surface area (Å²) in [5.41, 5.74) is 3.32. The van der Waals surface area contributed by atoms with Gasteiger partial charge in [-0.25, -0.2) is 0 Å². The van der Waals surface area contributed by atoms with Crippen molar-refractivity contribution in [3.8, 4) is 0 Å². The molecule has 0 saturated carbocycles. The lowest BCUT2D eigenvalue weighted by atomic mass is 10.1. The molecule has 124 valence electrons. The molecule has 4 nitrogen and oxygen atoms in total. The van der Waals surface area contributed by atoms with Gasteiger partial charge in [-0.2, -0.15) is 0 Å². The Balaban J connectivity index is 1.65. The van der Waals surface area contributed by atoms with Crippen LogP contribution in [0.25, 0.3) is 10.9 Å². The number of aliphatic hydroxyl groups is 1. The minimum atomic E-state index is -0.0222. The Morgan fingerprint density at radius 1 is 1.04 bits per heavy atom. The Kier molecular flexibility index (Phi) is 5.29. The van der Waals surface area contributed by atoms with Gasteiger partial charge in [-0.05, 0) is 23.6 Å². The molecule has 2 aromatic carbocycles. The quantitative estimate of drug-likeness (QED) is 0.702. The molecule has 0 bridgehead atoms. The number of H-pyrrole nitrogens is 1. The summed E-state index contributed by atoms with van der Waals surface area (Å²) >= 11 is 0. The SMILES string of the molecule is O=C(CCc1c[nH]c2ccccc12)N(CCO)Cc1ccccc1. The van der Waals surface area contributed by atoms with Crippen LogP contribution in [0, 0.1) is 0 Å². The molecule has 0 saturated heterocycles. The number of aromatic nitrogens is 1. The van der Waals surface area contributed by atoms with Gasteiger partial charge in [0, 0.05) is 36.6 Å². The first-order valence-corrected chi connectivity index (χ1v) is 8.25. The van der Waals surface area contributed by atoms with E-state index in [4.69, 9.17) is 0 Å². The van der Waals surface area contributed by atoms with Gasteiger partial charge in [0.2, 0.25) is 5.91 Å². The molecule has 0 aliphatic carbocycles. The number of aryl methyl sites for hydroxylation is 1. The molecule has 0 fully saturated rings. The van der Waals surface area contributed by atoms with Crippen LogP contribution in [-0.2, 0) is 17.8 Å². The molecular formula is C20H22N2O2. The van der Waals surface area contributed by atoms with Gasteiger partial charge in [0.05, 0.1) is 6.61 Å². The Hall–Kier alpha value is -2.59. The number of carbonyl (C=O) groups excluding carboxylic acids is 1. The standard InChI is InChI=1S/C20H22N2O2/c23-13-12-22(15-16-6-2-1-3-7-16)20(24)11-10-17-14-21-19-9-5-4-8-18(17)19/h1-9,14,21,23H,10-13,15H2. The molecule has 1 aromatic heterocycles. The number of fused-ring (bicyclic) bond motifs is 1. The van der Waals surface area contributed by atoms with Crippen LogP contribution in [0.15, 0.2) is 60.8 Å². The van der Waals surface area contributed by atoms with E-state index in [0.29, 0.717) is 25.9 Å². The molecule has 0 aliphatic heterocycles. The third-order valence-electron chi connectivity index (χ3n) is 4.22. The number of amides is 1. The maximum atomic E-state index is 12.6. The van der Waals surface area contributed by atoms with E-state index in [-0.39, 0.29) is 12.5 Å². The second-order valence-corrected chi connectivity index (χ2v) is 5.88. The van der Waals surface area contributed by atoms with Crippen LogP contribution in [0.2, 0.25) is 0 Å². The predicted molar refractivity (Wildman–Crippen MR) is 95.6 cm³/mol. The molecule has 0 unspecified atom stereocenters. The first-order chi connectivity index (χ1) is 11.8. The van der Waals surface area contributed by atoms with E-state index in [2.05, 4.69) is 11.1 Å². The summed E-state index contributed by atoms with van der Waals surface area (Å²) in [4.78, 5) is 17.5. The van der Waals surface area contributed by atoms with E-state index in [9.17, 15) is 9.90 Å². The number of hydrogen-bond acceptors (Lipinski definition) is 2. The van der Waals surface area contributed by atoms with Crippen LogP contribution in [0.3, 0.4) is 0 Å². The number of carbonyl (C=O) groups is 1. The molecule has 0 spiro atoms. The zero-order chi connectivity index (χ0) is 16.8. The van der Waals surface area contributed by atoms with Gasteiger partial charge in [-0.1, -0.05) is 48.5 Å². The summed E-state index contributed by atoms with van der Waals surface area (Å²) < 4.78 is 0. The molecule has 0 aliphatic rings. The van der Waals surface area contributed by atoms with E-state index < -0.39 is 0 Å². The molecule has 0 atom stereocenters. The van der Waals surface area contributed by atoms with Crippen molar-refractivity contribution in [3.05, 3.63) is 71.9 Å². The third kappa shape index (κ3) is 3.84. The monoisotopic (exact) mass is 322 g/mol. The maximum Gasteiger partial charge on any atom is 0.223 e. The van der Waals surface area contributed by atoms with E-state index in [1.165, 1.54) is 5.39 Å². The molecule has 3 aromatic rings. The van der Waals surface area contributed by atoms with Crippen LogP contribution >= 0.6 is 0 Å². The highest BCUT2D eigenvalue weighted by atomic mass is 16.3. The zero-order valence-corrected chi connectivity index (χ0v) is 13.6. The van der Waals surface area contributed by atoms with E-state index in [0.717, 1.165) is 16.6 Å². The van der Waals surface area contributed by atoms with Gasteiger partial charge in [0.25, 0.3) is 0 Å². The van der Waals surface area contributed by atoms with Crippen LogP contribution in [-0.4, -0.2) is 34.0 Å². The van der Waals surface area contributed by atoms with Crippen LogP contribution in [0.1, 0.15) is 17.5 Å². The number of benzene rings is 2. The molecular weight excluding hydrogens is 300 g/mol. The number of nitrogens with zero attached hydrogens (tertiary/aromatic N) is 1. The summed E-state index contributed by atoms with van der Waals surface area (Å²) in [5.74, 6) is 0.0678. The Morgan fingerprint density at radius 3 is 2.58 bits per heavy atom. The molecule has 1 heterocycles. The summed E-state index contributed by atoms with van der Waals surface area (Å²) in [6.07, 6.45) is 3.11. The lowest BCUT2D eigenvalue weighted by Crippen LogP contribution is -2.33. The van der Waals surface area contributed by atoms with Gasteiger partial charge >= 0.3 is 0 Å². The lowest BCUT2D eigenvalue weighted by molar-refractivity contribution is -0.132. The first-order valence-electron chi connectivity index (χ1n) is 8.25. The highest BCUT2D eigenvalue weighted by Gasteiger charge is 2.14. The van der Waals surface area contributed by atoms with E-state index >= 15 is 0 Å². The number of nitrogens with one attached hydrogen (secondary N) is 1. The second kappa shape index (κ2) is 7.79. The normalized spacial score (nSPS) is 10.9. The average molecular weight is 322 g/mol. The van der Waals surface area contributed by atoms with Gasteiger partial charge in [-0.3, -0.25) is 4.79 Å². The van der Waals surface area contributed by atoms with Crippen LogP contribution in [0.5, 0.6) is 0 Å². The summed E-state index contributed by atoms with van der Waals surface area (Å²) in [6.45, 7) is 0.876. The number of rotatable bonds is 7. The topological polar surface area (TPSA) is 56.3 Å². The van der Waals surface area contributed by atoms with Crippen molar-refractivity contribution in [1.29, 1.82) is 0 Å². The zero-order valence-electron chi connectivity index (χ0n) is 13.6. The Bertz CT molecular complexity index is 796. The number of aliphatic hydroxyl groups excluding tert-OH is 1. The molecule has 3 rings (SSSR count). The highest BCUT2D eigenvalue weighted by Crippen LogP contribution is 2.19.